The minimum absolute atomic E-state index is 0.284. The fraction of sp³-hybridized carbons (Fsp3) is 0.917. The Hall–Kier alpha value is -0.590. The quantitative estimate of drug-likeness (QED) is 0.765. The van der Waals surface area contributed by atoms with Crippen LogP contribution in [0.5, 0.6) is 0 Å². The summed E-state index contributed by atoms with van der Waals surface area (Å²) in [5, 5.41) is 8.59. The van der Waals surface area contributed by atoms with Crippen molar-refractivity contribution in [2.45, 2.75) is 39.2 Å². The molecule has 1 saturated heterocycles. The molecule has 15 heavy (non-hydrogen) atoms. The molecule has 0 aromatic rings. The lowest BCUT2D eigenvalue weighted by Crippen LogP contribution is -2.37. The summed E-state index contributed by atoms with van der Waals surface area (Å²) in [5.41, 5.74) is 5.58. The van der Waals surface area contributed by atoms with Crippen LogP contribution in [0.3, 0.4) is 0 Å². The third-order valence-electron chi connectivity index (χ3n) is 3.50. The van der Waals surface area contributed by atoms with Crippen LogP contribution in [0.2, 0.25) is 0 Å². The Morgan fingerprint density at radius 1 is 1.40 bits per heavy atom. The summed E-state index contributed by atoms with van der Waals surface area (Å²) in [4.78, 5) is 2.44. The fourth-order valence-corrected chi connectivity index (χ4v) is 2.23. The molecule has 1 aliphatic heterocycles. The van der Waals surface area contributed by atoms with Crippen LogP contribution in [0, 0.1) is 23.2 Å². The van der Waals surface area contributed by atoms with Crippen molar-refractivity contribution in [3.8, 4) is 6.07 Å². The van der Waals surface area contributed by atoms with Gasteiger partial charge in [0.05, 0.1) is 12.1 Å². The fourth-order valence-electron chi connectivity index (χ4n) is 2.23. The van der Waals surface area contributed by atoms with Crippen LogP contribution in [0.4, 0.5) is 0 Å². The van der Waals surface area contributed by atoms with E-state index >= 15 is 0 Å². The molecule has 0 saturated carbocycles. The van der Waals surface area contributed by atoms with E-state index in [1.54, 1.807) is 0 Å². The first kappa shape index (κ1) is 12.5. The van der Waals surface area contributed by atoms with Crippen molar-refractivity contribution in [3.63, 3.8) is 0 Å². The summed E-state index contributed by atoms with van der Waals surface area (Å²) in [5.74, 6) is 1.71. The number of nitriles is 1. The van der Waals surface area contributed by atoms with E-state index in [-0.39, 0.29) is 6.04 Å². The molecule has 1 unspecified atom stereocenters. The molecule has 1 atom stereocenters. The van der Waals surface area contributed by atoms with Gasteiger partial charge in [-0.1, -0.05) is 13.8 Å². The molecule has 3 heteroatoms. The van der Waals surface area contributed by atoms with Gasteiger partial charge in [-0.05, 0) is 44.2 Å². The van der Waals surface area contributed by atoms with Crippen LogP contribution in [-0.2, 0) is 0 Å². The second-order valence-corrected chi connectivity index (χ2v) is 4.95. The topological polar surface area (TPSA) is 53.0 Å². The maximum atomic E-state index is 8.59. The van der Waals surface area contributed by atoms with Crippen molar-refractivity contribution in [1.82, 2.24) is 4.90 Å². The molecule has 1 fully saturated rings. The van der Waals surface area contributed by atoms with E-state index in [0.29, 0.717) is 0 Å². The van der Waals surface area contributed by atoms with Crippen LogP contribution in [0.25, 0.3) is 0 Å². The van der Waals surface area contributed by atoms with Crippen LogP contribution < -0.4 is 5.73 Å². The molecule has 0 aliphatic carbocycles. The zero-order chi connectivity index (χ0) is 11.3. The van der Waals surface area contributed by atoms with Crippen LogP contribution in [0.15, 0.2) is 0 Å². The lowest BCUT2D eigenvalue weighted by atomic mass is 9.86. The minimum atomic E-state index is -0.284. The van der Waals surface area contributed by atoms with Crippen molar-refractivity contribution >= 4 is 0 Å². The summed E-state index contributed by atoms with van der Waals surface area (Å²) in [6.45, 7) is 7.97. The summed E-state index contributed by atoms with van der Waals surface area (Å²) in [7, 11) is 0. The van der Waals surface area contributed by atoms with Gasteiger partial charge in [-0.3, -0.25) is 0 Å². The van der Waals surface area contributed by atoms with Gasteiger partial charge in [0.2, 0.25) is 0 Å². The molecule has 86 valence electrons. The number of rotatable bonds is 4. The van der Waals surface area contributed by atoms with E-state index in [0.717, 1.165) is 24.8 Å². The molecule has 1 heterocycles. The number of piperidine rings is 1. The van der Waals surface area contributed by atoms with E-state index in [4.69, 9.17) is 11.0 Å². The molecular weight excluding hydrogens is 186 g/mol. The van der Waals surface area contributed by atoms with Gasteiger partial charge in [0, 0.05) is 6.54 Å². The first-order chi connectivity index (χ1) is 7.13. The van der Waals surface area contributed by atoms with Gasteiger partial charge < -0.3 is 10.6 Å². The lowest BCUT2D eigenvalue weighted by Gasteiger charge is -2.33. The summed E-state index contributed by atoms with van der Waals surface area (Å²) < 4.78 is 0. The highest BCUT2D eigenvalue weighted by Crippen LogP contribution is 2.24. The monoisotopic (exact) mass is 209 g/mol. The first-order valence-electron chi connectivity index (χ1n) is 6.01. The normalized spacial score (nSPS) is 21.5. The van der Waals surface area contributed by atoms with Gasteiger partial charge in [-0.25, -0.2) is 0 Å². The SMILES string of the molecule is CC(C)C1CCN(CCC(N)C#N)CC1. The Balaban J connectivity index is 2.18. The second-order valence-electron chi connectivity index (χ2n) is 4.95. The van der Waals surface area contributed by atoms with Gasteiger partial charge in [0.25, 0.3) is 0 Å². The van der Waals surface area contributed by atoms with Crippen molar-refractivity contribution in [2.75, 3.05) is 19.6 Å². The van der Waals surface area contributed by atoms with Crippen molar-refractivity contribution in [2.24, 2.45) is 17.6 Å². The molecule has 1 aliphatic rings. The predicted octanol–water partition coefficient (Wildman–Crippen LogP) is 1.60. The maximum Gasteiger partial charge on any atom is 0.0940 e. The Morgan fingerprint density at radius 3 is 2.47 bits per heavy atom. The number of nitrogens with two attached hydrogens (primary N) is 1. The summed E-state index contributed by atoms with van der Waals surface area (Å²) in [6.07, 6.45) is 3.42. The van der Waals surface area contributed by atoms with E-state index < -0.39 is 0 Å². The smallest absolute Gasteiger partial charge is 0.0940 e. The Kier molecular flexibility index (Phi) is 5.07. The van der Waals surface area contributed by atoms with Crippen LogP contribution in [-0.4, -0.2) is 30.6 Å². The number of hydrogen-bond acceptors (Lipinski definition) is 3. The number of likely N-dealkylation sites (tertiary alicyclic amines) is 1. The molecule has 0 spiro atoms. The van der Waals surface area contributed by atoms with E-state index in [1.807, 2.05) is 0 Å². The summed E-state index contributed by atoms with van der Waals surface area (Å²) >= 11 is 0. The van der Waals surface area contributed by atoms with Gasteiger partial charge in [0.1, 0.15) is 0 Å². The highest BCUT2D eigenvalue weighted by Gasteiger charge is 2.21. The average Bonchev–Trinajstić information content (AvgIpc) is 2.26. The molecule has 0 radical (unpaired) electrons. The van der Waals surface area contributed by atoms with Crippen molar-refractivity contribution < 1.29 is 0 Å². The molecule has 2 N–H and O–H groups in total. The lowest BCUT2D eigenvalue weighted by molar-refractivity contribution is 0.156. The maximum absolute atomic E-state index is 8.59. The van der Waals surface area contributed by atoms with Gasteiger partial charge >= 0.3 is 0 Å². The van der Waals surface area contributed by atoms with Crippen molar-refractivity contribution in [1.29, 1.82) is 5.26 Å². The van der Waals surface area contributed by atoms with Crippen molar-refractivity contribution in [3.05, 3.63) is 0 Å². The Labute approximate surface area is 93.2 Å². The standard InChI is InChI=1S/C12H23N3/c1-10(2)11-3-6-15(7-4-11)8-5-12(14)9-13/h10-12H,3-8,14H2,1-2H3. The average molecular weight is 209 g/mol. The van der Waals surface area contributed by atoms with E-state index in [9.17, 15) is 0 Å². The molecule has 1 rings (SSSR count). The van der Waals surface area contributed by atoms with Crippen LogP contribution >= 0.6 is 0 Å². The highest BCUT2D eigenvalue weighted by atomic mass is 15.1. The Morgan fingerprint density at radius 2 is 2.00 bits per heavy atom. The molecule has 0 aromatic carbocycles. The molecular formula is C12H23N3. The molecule has 0 bridgehead atoms. The molecule has 0 amide bonds. The van der Waals surface area contributed by atoms with Gasteiger partial charge in [0.15, 0.2) is 0 Å². The second kappa shape index (κ2) is 6.09. The predicted molar refractivity (Wildman–Crippen MR) is 62.2 cm³/mol. The number of nitrogens with zero attached hydrogens (tertiary/aromatic N) is 2. The Bertz CT molecular complexity index is 211. The number of hydrogen-bond donors (Lipinski definition) is 1. The summed E-state index contributed by atoms with van der Waals surface area (Å²) in [6, 6.07) is 1.80. The third-order valence-corrected chi connectivity index (χ3v) is 3.50. The van der Waals surface area contributed by atoms with Gasteiger partial charge in [-0.2, -0.15) is 5.26 Å². The minimum Gasteiger partial charge on any atom is -0.316 e. The van der Waals surface area contributed by atoms with Crippen LogP contribution in [0.1, 0.15) is 33.1 Å². The van der Waals surface area contributed by atoms with E-state index in [1.165, 1.54) is 25.9 Å². The highest BCUT2D eigenvalue weighted by molar-refractivity contribution is 4.87. The first-order valence-corrected chi connectivity index (χ1v) is 6.01. The van der Waals surface area contributed by atoms with Gasteiger partial charge in [-0.15, -0.1) is 0 Å². The zero-order valence-corrected chi connectivity index (χ0v) is 9.95. The zero-order valence-electron chi connectivity index (χ0n) is 9.95. The third kappa shape index (κ3) is 4.19. The van der Waals surface area contributed by atoms with E-state index in [2.05, 4.69) is 24.8 Å². The molecule has 3 nitrogen and oxygen atoms in total. The molecule has 0 aromatic heterocycles. The largest absolute Gasteiger partial charge is 0.316 e.